The summed E-state index contributed by atoms with van der Waals surface area (Å²) in [5.74, 6) is 0.199. The number of nitrogens with zero attached hydrogens (tertiary/aromatic N) is 2. The smallest absolute Gasteiger partial charge is 0.264 e. The number of sulfonamides is 1. The monoisotopic (exact) mass is 593 g/mol. The Kier molecular flexibility index (Phi) is 12.0. The van der Waals surface area contributed by atoms with Gasteiger partial charge in [0.2, 0.25) is 11.8 Å². The Labute approximate surface area is 250 Å². The maximum atomic E-state index is 14.2. The second kappa shape index (κ2) is 15.4. The number of nitrogens with one attached hydrogen (secondary N) is 1. The maximum Gasteiger partial charge on any atom is 0.264 e. The van der Waals surface area contributed by atoms with Gasteiger partial charge >= 0.3 is 0 Å². The molecule has 0 bridgehead atoms. The predicted octanol–water partition coefficient (Wildman–Crippen LogP) is 5.74. The molecular formula is C33H43N3O5S. The summed E-state index contributed by atoms with van der Waals surface area (Å²) in [7, 11) is -2.52. The molecule has 3 rings (SSSR count). The number of rotatable bonds is 15. The summed E-state index contributed by atoms with van der Waals surface area (Å²) in [4.78, 5) is 29.0. The minimum atomic E-state index is -4.10. The van der Waals surface area contributed by atoms with Crippen LogP contribution in [0.4, 0.5) is 5.69 Å². The number of benzene rings is 3. The summed E-state index contributed by atoms with van der Waals surface area (Å²) in [6.07, 6.45) is 2.12. The van der Waals surface area contributed by atoms with Crippen LogP contribution in [0.2, 0.25) is 0 Å². The predicted molar refractivity (Wildman–Crippen MR) is 167 cm³/mol. The quantitative estimate of drug-likeness (QED) is 0.227. The Morgan fingerprint density at radius 3 is 2.10 bits per heavy atom. The molecule has 0 saturated heterocycles. The molecule has 8 nitrogen and oxygen atoms in total. The minimum absolute atomic E-state index is 0.0804. The second-order valence-electron chi connectivity index (χ2n) is 10.5. The Hall–Kier alpha value is -3.85. The molecule has 0 heterocycles. The highest BCUT2D eigenvalue weighted by Crippen LogP contribution is 2.27. The van der Waals surface area contributed by atoms with Gasteiger partial charge in [-0.2, -0.15) is 0 Å². The molecule has 1 N–H and O–H groups in total. The fraction of sp³-hybridized carbons (Fsp3) is 0.394. The first kappa shape index (κ1) is 32.7. The van der Waals surface area contributed by atoms with E-state index in [1.54, 1.807) is 49.6 Å². The van der Waals surface area contributed by atoms with E-state index in [-0.39, 0.29) is 23.3 Å². The average Bonchev–Trinajstić information content (AvgIpc) is 3.00. The van der Waals surface area contributed by atoms with Gasteiger partial charge in [-0.3, -0.25) is 13.9 Å². The van der Waals surface area contributed by atoms with Gasteiger partial charge in [-0.1, -0.05) is 76.6 Å². The van der Waals surface area contributed by atoms with E-state index in [1.165, 1.54) is 17.0 Å². The lowest BCUT2D eigenvalue weighted by molar-refractivity contribution is -0.140. The third-order valence-electron chi connectivity index (χ3n) is 7.19. The first-order chi connectivity index (χ1) is 20.1. The standard InChI is InChI=1S/C33H43N3O5S/c1-6-8-22-34-33(38)31(7-2)35(23-26-14-20-29(41-5)21-15-26)32(37)24-36(28-18-16-27(17-19-28)25(3)4)42(39,40)30-12-10-9-11-13-30/h9-21,25,31H,6-8,22-24H2,1-5H3,(H,34,38)/t31-/m1/s1. The number of anilines is 1. The molecule has 0 spiro atoms. The normalized spacial score (nSPS) is 12.0. The largest absolute Gasteiger partial charge is 0.497 e. The van der Waals surface area contributed by atoms with Crippen LogP contribution in [0.1, 0.15) is 64.0 Å². The summed E-state index contributed by atoms with van der Waals surface area (Å²) >= 11 is 0. The molecule has 0 saturated carbocycles. The molecule has 0 fully saturated rings. The van der Waals surface area contributed by atoms with Crippen molar-refractivity contribution in [3.8, 4) is 5.75 Å². The van der Waals surface area contributed by atoms with Crippen molar-refractivity contribution in [2.45, 2.75) is 70.4 Å². The van der Waals surface area contributed by atoms with Crippen LogP contribution >= 0.6 is 0 Å². The third kappa shape index (κ3) is 8.35. The topological polar surface area (TPSA) is 96.0 Å². The highest BCUT2D eigenvalue weighted by atomic mass is 32.2. The number of hydrogen-bond acceptors (Lipinski definition) is 5. The minimum Gasteiger partial charge on any atom is -0.497 e. The zero-order chi connectivity index (χ0) is 30.7. The molecule has 0 aliphatic rings. The van der Waals surface area contributed by atoms with Crippen molar-refractivity contribution in [2.75, 3.05) is 24.5 Å². The molecule has 3 aromatic rings. The van der Waals surface area contributed by atoms with Gasteiger partial charge < -0.3 is 15.0 Å². The Morgan fingerprint density at radius 1 is 0.905 bits per heavy atom. The van der Waals surface area contributed by atoms with E-state index in [0.29, 0.717) is 24.4 Å². The molecule has 9 heteroatoms. The fourth-order valence-corrected chi connectivity index (χ4v) is 6.06. The zero-order valence-electron chi connectivity index (χ0n) is 25.2. The van der Waals surface area contributed by atoms with Crippen molar-refractivity contribution in [1.82, 2.24) is 10.2 Å². The Balaban J connectivity index is 2.03. The molecule has 42 heavy (non-hydrogen) atoms. The van der Waals surface area contributed by atoms with Crippen LogP contribution in [-0.2, 0) is 26.2 Å². The molecule has 226 valence electrons. The van der Waals surface area contributed by atoms with Gasteiger partial charge in [-0.15, -0.1) is 0 Å². The zero-order valence-corrected chi connectivity index (χ0v) is 26.1. The molecule has 0 radical (unpaired) electrons. The summed E-state index contributed by atoms with van der Waals surface area (Å²) in [6, 6.07) is 21.8. The second-order valence-corrected chi connectivity index (χ2v) is 12.4. The van der Waals surface area contributed by atoms with E-state index >= 15 is 0 Å². The van der Waals surface area contributed by atoms with Crippen molar-refractivity contribution < 1.29 is 22.7 Å². The van der Waals surface area contributed by atoms with Gasteiger partial charge in [-0.05, 0) is 66.3 Å². The lowest BCUT2D eigenvalue weighted by atomic mass is 10.0. The lowest BCUT2D eigenvalue weighted by Crippen LogP contribution is -2.52. The number of amides is 2. The van der Waals surface area contributed by atoms with Crippen LogP contribution in [0, 0.1) is 0 Å². The van der Waals surface area contributed by atoms with E-state index in [0.717, 1.165) is 28.3 Å². The summed E-state index contributed by atoms with van der Waals surface area (Å²) in [5.41, 5.74) is 2.22. The summed E-state index contributed by atoms with van der Waals surface area (Å²) < 4.78 is 34.3. The average molecular weight is 594 g/mol. The summed E-state index contributed by atoms with van der Waals surface area (Å²) in [5, 5.41) is 2.95. The molecular weight excluding hydrogens is 550 g/mol. The molecule has 2 amide bonds. The van der Waals surface area contributed by atoms with Crippen molar-refractivity contribution >= 4 is 27.5 Å². The van der Waals surface area contributed by atoms with Gasteiger partial charge in [0, 0.05) is 13.1 Å². The first-order valence-corrected chi connectivity index (χ1v) is 15.9. The number of carbonyl (C=O) groups is 2. The number of unbranched alkanes of at least 4 members (excludes halogenated alkanes) is 1. The highest BCUT2D eigenvalue weighted by Gasteiger charge is 2.33. The van der Waals surface area contributed by atoms with Crippen LogP contribution < -0.4 is 14.4 Å². The Morgan fingerprint density at radius 2 is 1.55 bits per heavy atom. The van der Waals surface area contributed by atoms with E-state index in [4.69, 9.17) is 4.74 Å². The van der Waals surface area contributed by atoms with E-state index in [2.05, 4.69) is 19.2 Å². The van der Waals surface area contributed by atoms with Gasteiger partial charge in [0.15, 0.2) is 0 Å². The van der Waals surface area contributed by atoms with Crippen LogP contribution in [0.5, 0.6) is 5.75 Å². The van der Waals surface area contributed by atoms with Crippen molar-refractivity contribution in [2.24, 2.45) is 0 Å². The van der Waals surface area contributed by atoms with Crippen molar-refractivity contribution in [1.29, 1.82) is 0 Å². The van der Waals surface area contributed by atoms with Crippen LogP contribution in [0.3, 0.4) is 0 Å². The van der Waals surface area contributed by atoms with Crippen LogP contribution in [-0.4, -0.2) is 51.4 Å². The molecule has 0 aliphatic heterocycles. The van der Waals surface area contributed by atoms with Gasteiger partial charge in [0.1, 0.15) is 18.3 Å². The summed E-state index contributed by atoms with van der Waals surface area (Å²) in [6.45, 7) is 8.18. The molecule has 3 aromatic carbocycles. The van der Waals surface area contributed by atoms with Crippen molar-refractivity contribution in [3.63, 3.8) is 0 Å². The lowest BCUT2D eigenvalue weighted by Gasteiger charge is -2.33. The van der Waals surface area contributed by atoms with E-state index < -0.39 is 28.5 Å². The Bertz CT molecular complexity index is 1390. The van der Waals surface area contributed by atoms with Gasteiger partial charge in [-0.25, -0.2) is 8.42 Å². The van der Waals surface area contributed by atoms with Gasteiger partial charge in [0.05, 0.1) is 17.7 Å². The number of hydrogen-bond donors (Lipinski definition) is 1. The van der Waals surface area contributed by atoms with Crippen LogP contribution in [0.15, 0.2) is 83.8 Å². The molecule has 1 atom stereocenters. The highest BCUT2D eigenvalue weighted by molar-refractivity contribution is 7.92. The molecule has 0 unspecified atom stereocenters. The SMILES string of the molecule is CCCCNC(=O)[C@@H](CC)N(Cc1ccc(OC)cc1)C(=O)CN(c1ccc(C(C)C)cc1)S(=O)(=O)c1ccccc1. The van der Waals surface area contributed by atoms with Crippen LogP contribution in [0.25, 0.3) is 0 Å². The number of methoxy groups -OCH3 is 1. The molecule has 0 aromatic heterocycles. The van der Waals surface area contributed by atoms with Gasteiger partial charge in [0.25, 0.3) is 10.0 Å². The maximum absolute atomic E-state index is 14.2. The fourth-order valence-electron chi connectivity index (χ4n) is 4.63. The third-order valence-corrected chi connectivity index (χ3v) is 8.97. The van der Waals surface area contributed by atoms with Crippen molar-refractivity contribution in [3.05, 3.63) is 90.0 Å². The molecule has 0 aliphatic carbocycles. The number of carbonyl (C=O) groups excluding carboxylic acids is 2. The first-order valence-electron chi connectivity index (χ1n) is 14.5. The van der Waals surface area contributed by atoms with E-state index in [9.17, 15) is 18.0 Å². The van der Waals surface area contributed by atoms with E-state index in [1.807, 2.05) is 38.1 Å². The number of ether oxygens (including phenoxy) is 1.